The molecular weight excluding hydrogens is 315 g/mol. The zero-order valence-corrected chi connectivity index (χ0v) is 13.1. The third-order valence-electron chi connectivity index (χ3n) is 3.28. The Bertz CT molecular complexity index is 877. The molecular formula is C14H15FN8O. The summed E-state index contributed by atoms with van der Waals surface area (Å²) in [7, 11) is 1.49. The quantitative estimate of drug-likeness (QED) is 0.545. The molecule has 9 nitrogen and oxygen atoms in total. The molecule has 0 saturated carbocycles. The summed E-state index contributed by atoms with van der Waals surface area (Å²) in [5.74, 6) is -1.01. The lowest BCUT2D eigenvalue weighted by molar-refractivity contribution is 0.0949. The van der Waals surface area contributed by atoms with Crippen molar-refractivity contribution in [1.29, 1.82) is 0 Å². The first kappa shape index (κ1) is 15.6. The van der Waals surface area contributed by atoms with Crippen LogP contribution < -0.4 is 5.43 Å². The number of halogens is 1. The van der Waals surface area contributed by atoms with Crippen LogP contribution in [0.1, 0.15) is 21.7 Å². The van der Waals surface area contributed by atoms with E-state index >= 15 is 0 Å². The van der Waals surface area contributed by atoms with Gasteiger partial charge in [0, 0.05) is 25.6 Å². The first-order valence-electron chi connectivity index (χ1n) is 7.08. The molecule has 10 heteroatoms. The highest BCUT2D eigenvalue weighted by molar-refractivity contribution is 5.93. The van der Waals surface area contributed by atoms with Crippen LogP contribution in [0.4, 0.5) is 4.39 Å². The Morgan fingerprint density at radius 1 is 1.38 bits per heavy atom. The van der Waals surface area contributed by atoms with E-state index in [4.69, 9.17) is 0 Å². The third-order valence-corrected chi connectivity index (χ3v) is 3.28. The van der Waals surface area contributed by atoms with Gasteiger partial charge in [0.2, 0.25) is 5.95 Å². The first-order valence-corrected chi connectivity index (χ1v) is 7.08. The van der Waals surface area contributed by atoms with Gasteiger partial charge in [0.15, 0.2) is 5.69 Å². The van der Waals surface area contributed by atoms with Gasteiger partial charge < -0.3 is 0 Å². The van der Waals surface area contributed by atoms with E-state index in [-0.39, 0.29) is 11.3 Å². The zero-order chi connectivity index (χ0) is 17.1. The zero-order valence-electron chi connectivity index (χ0n) is 13.1. The summed E-state index contributed by atoms with van der Waals surface area (Å²) in [6.45, 7) is 2.05. The molecule has 0 radical (unpaired) electrons. The standard InChI is InChI=1S/C14H15FN8O/c1-10-11(13(15)21(2)19-10)8-16-18-14(24)12-4-7-23(20-12)9-22-6-3-5-17-22/h3-8H,9H2,1-2H3,(H,18,24)/b16-8-. The summed E-state index contributed by atoms with van der Waals surface area (Å²) in [5.41, 5.74) is 3.22. The fourth-order valence-electron chi connectivity index (χ4n) is 2.10. The lowest BCUT2D eigenvalue weighted by atomic mass is 10.3. The average molecular weight is 330 g/mol. The molecule has 0 aliphatic rings. The Balaban J connectivity index is 1.63. The molecule has 1 amide bonds. The maximum absolute atomic E-state index is 13.7. The van der Waals surface area contributed by atoms with E-state index in [2.05, 4.69) is 25.8 Å². The van der Waals surface area contributed by atoms with Gasteiger partial charge in [-0.15, -0.1) is 0 Å². The number of hydrogen-bond donors (Lipinski definition) is 1. The summed E-state index contributed by atoms with van der Waals surface area (Å²) in [6.07, 6.45) is 6.32. The van der Waals surface area contributed by atoms with E-state index in [1.807, 2.05) is 0 Å². The molecule has 0 aliphatic carbocycles. The van der Waals surface area contributed by atoms with Crippen molar-refractivity contribution in [1.82, 2.24) is 34.8 Å². The molecule has 0 saturated heterocycles. The largest absolute Gasteiger partial charge is 0.291 e. The van der Waals surface area contributed by atoms with Gasteiger partial charge in [-0.05, 0) is 19.1 Å². The Morgan fingerprint density at radius 2 is 2.21 bits per heavy atom. The number of carbonyl (C=O) groups is 1. The number of hydrogen-bond acceptors (Lipinski definition) is 5. The normalized spacial score (nSPS) is 11.3. The van der Waals surface area contributed by atoms with Gasteiger partial charge in [0.25, 0.3) is 5.91 Å². The van der Waals surface area contributed by atoms with Crippen LogP contribution in [0.3, 0.4) is 0 Å². The van der Waals surface area contributed by atoms with Gasteiger partial charge in [-0.3, -0.25) is 14.2 Å². The second-order valence-electron chi connectivity index (χ2n) is 5.04. The number of nitrogens with zero attached hydrogens (tertiary/aromatic N) is 7. The van der Waals surface area contributed by atoms with Crippen LogP contribution in [0.2, 0.25) is 0 Å². The SMILES string of the molecule is Cc1nn(C)c(F)c1/C=N\NC(=O)c1ccn(Cn2cccn2)n1. The number of nitrogens with one attached hydrogen (secondary N) is 1. The summed E-state index contributed by atoms with van der Waals surface area (Å²) in [4.78, 5) is 12.0. The Morgan fingerprint density at radius 3 is 2.88 bits per heavy atom. The maximum Gasteiger partial charge on any atom is 0.291 e. The van der Waals surface area contributed by atoms with Crippen LogP contribution in [0, 0.1) is 12.9 Å². The topological polar surface area (TPSA) is 94.9 Å². The summed E-state index contributed by atoms with van der Waals surface area (Å²) in [6, 6.07) is 3.36. The smallest absolute Gasteiger partial charge is 0.265 e. The van der Waals surface area contributed by atoms with E-state index in [0.29, 0.717) is 12.4 Å². The average Bonchev–Trinajstić information content (AvgIpc) is 3.26. The van der Waals surface area contributed by atoms with Crippen LogP contribution in [-0.4, -0.2) is 41.5 Å². The predicted octanol–water partition coefficient (Wildman–Crippen LogP) is 0.530. The molecule has 124 valence electrons. The van der Waals surface area contributed by atoms with Crippen LogP contribution in [0.25, 0.3) is 0 Å². The minimum absolute atomic E-state index is 0.197. The van der Waals surface area contributed by atoms with Crippen molar-refractivity contribution in [3.8, 4) is 0 Å². The summed E-state index contributed by atoms with van der Waals surface area (Å²) >= 11 is 0. The summed E-state index contributed by atoms with van der Waals surface area (Å²) < 4.78 is 18.1. The van der Waals surface area contributed by atoms with Gasteiger partial charge in [-0.25, -0.2) is 10.1 Å². The minimum Gasteiger partial charge on any atom is -0.265 e. The molecule has 0 fully saturated rings. The van der Waals surface area contributed by atoms with Gasteiger partial charge in [0.1, 0.15) is 6.67 Å². The number of rotatable bonds is 5. The first-order chi connectivity index (χ1) is 11.5. The molecule has 0 aromatic carbocycles. The van der Waals surface area contributed by atoms with Crippen molar-refractivity contribution in [2.24, 2.45) is 12.1 Å². The highest BCUT2D eigenvalue weighted by atomic mass is 19.1. The van der Waals surface area contributed by atoms with Crippen LogP contribution in [-0.2, 0) is 13.7 Å². The van der Waals surface area contributed by atoms with Gasteiger partial charge >= 0.3 is 0 Å². The molecule has 24 heavy (non-hydrogen) atoms. The fourth-order valence-corrected chi connectivity index (χ4v) is 2.10. The molecule has 0 bridgehead atoms. The highest BCUT2D eigenvalue weighted by Crippen LogP contribution is 2.07. The molecule has 0 unspecified atom stereocenters. The molecule has 0 aliphatic heterocycles. The Labute approximate surface area is 136 Å². The number of hydrazone groups is 1. The van der Waals surface area contributed by atoms with Gasteiger partial charge in [-0.2, -0.15) is 24.8 Å². The minimum atomic E-state index is -0.519. The van der Waals surface area contributed by atoms with Crippen molar-refractivity contribution in [2.75, 3.05) is 0 Å². The summed E-state index contributed by atoms with van der Waals surface area (Å²) in [5, 5.41) is 15.9. The fraction of sp³-hybridized carbons (Fsp3) is 0.214. The van der Waals surface area contributed by atoms with Crippen molar-refractivity contribution >= 4 is 12.1 Å². The van der Waals surface area contributed by atoms with Crippen molar-refractivity contribution in [3.05, 3.63) is 53.6 Å². The maximum atomic E-state index is 13.7. The van der Waals surface area contributed by atoms with Gasteiger partial charge in [-0.1, -0.05) is 0 Å². The predicted molar refractivity (Wildman–Crippen MR) is 82.8 cm³/mol. The highest BCUT2D eigenvalue weighted by Gasteiger charge is 2.12. The molecule has 0 spiro atoms. The van der Waals surface area contributed by atoms with Crippen molar-refractivity contribution < 1.29 is 9.18 Å². The number of aryl methyl sites for hydroxylation is 2. The van der Waals surface area contributed by atoms with Crippen LogP contribution >= 0.6 is 0 Å². The molecule has 1 N–H and O–H groups in total. The molecule has 3 rings (SSSR count). The van der Waals surface area contributed by atoms with Crippen molar-refractivity contribution in [2.45, 2.75) is 13.6 Å². The van der Waals surface area contributed by atoms with Crippen molar-refractivity contribution in [3.63, 3.8) is 0 Å². The van der Waals surface area contributed by atoms with E-state index in [9.17, 15) is 9.18 Å². The Hall–Kier alpha value is -3.30. The third kappa shape index (κ3) is 3.21. The second-order valence-corrected chi connectivity index (χ2v) is 5.04. The Kier molecular flexibility index (Phi) is 4.18. The molecule has 3 aromatic rings. The van der Waals surface area contributed by atoms with E-state index in [0.717, 1.165) is 4.68 Å². The number of amides is 1. The molecule has 0 atom stereocenters. The van der Waals surface area contributed by atoms with Crippen LogP contribution in [0.15, 0.2) is 35.8 Å². The van der Waals surface area contributed by atoms with Crippen LogP contribution in [0.5, 0.6) is 0 Å². The monoisotopic (exact) mass is 330 g/mol. The lowest BCUT2D eigenvalue weighted by Crippen LogP contribution is -2.19. The number of aromatic nitrogens is 6. The lowest BCUT2D eigenvalue weighted by Gasteiger charge is -2.00. The van der Waals surface area contributed by atoms with Gasteiger partial charge in [0.05, 0.1) is 17.5 Å². The second kappa shape index (κ2) is 6.44. The van der Waals surface area contributed by atoms with E-state index in [1.165, 1.54) is 13.3 Å². The number of carbonyl (C=O) groups excluding carboxylic acids is 1. The van der Waals surface area contributed by atoms with E-state index in [1.54, 1.807) is 47.0 Å². The van der Waals surface area contributed by atoms with E-state index < -0.39 is 11.9 Å². The molecule has 3 heterocycles. The molecule has 3 aromatic heterocycles.